The highest BCUT2D eigenvalue weighted by molar-refractivity contribution is 4.52. The molecule has 0 spiro atoms. The molecule has 1 atom stereocenters. The normalized spacial score (nSPS) is 13.4. The largest absolute Gasteiger partial charge is 0.217 e. The average molecular weight is 343 g/mol. The standard InChI is InChI=1S/C22H48NO/c1-5-6-7-8-9-10-11-12-13-14-15-16-17-18-19-20-21-22(2)23(3,4)24/h22,24H,5-21H2,1-4H3/q+1. The molecular weight excluding hydrogens is 294 g/mol. The summed E-state index contributed by atoms with van der Waals surface area (Å²) >= 11 is 0. The van der Waals surface area contributed by atoms with Gasteiger partial charge in [-0.1, -0.05) is 103 Å². The molecule has 0 aromatic carbocycles. The number of nitrogens with zero attached hydrogens (tertiary/aromatic N) is 1. The van der Waals surface area contributed by atoms with E-state index in [0.29, 0.717) is 6.04 Å². The quantitative estimate of drug-likeness (QED) is 0.155. The molecule has 24 heavy (non-hydrogen) atoms. The minimum absolute atomic E-state index is 0.110. The van der Waals surface area contributed by atoms with Crippen LogP contribution in [0.15, 0.2) is 0 Å². The fourth-order valence-electron chi connectivity index (χ4n) is 3.30. The first-order valence-electron chi connectivity index (χ1n) is 11.0. The summed E-state index contributed by atoms with van der Waals surface area (Å²) in [4.78, 5) is 0. The molecule has 0 fully saturated rings. The van der Waals surface area contributed by atoms with Crippen LogP contribution in [0, 0.1) is 0 Å². The molecule has 0 aliphatic rings. The lowest BCUT2D eigenvalue weighted by molar-refractivity contribution is -1.09. The first kappa shape index (κ1) is 23.9. The summed E-state index contributed by atoms with van der Waals surface area (Å²) in [6.07, 6.45) is 23.8. The third-order valence-electron chi connectivity index (χ3n) is 5.55. The molecule has 2 nitrogen and oxygen atoms in total. The maximum absolute atomic E-state index is 9.85. The van der Waals surface area contributed by atoms with Crippen LogP contribution in [0.3, 0.4) is 0 Å². The fourth-order valence-corrected chi connectivity index (χ4v) is 3.30. The van der Waals surface area contributed by atoms with Crippen molar-refractivity contribution in [3.05, 3.63) is 0 Å². The van der Waals surface area contributed by atoms with Crippen LogP contribution in [0.5, 0.6) is 0 Å². The minimum Gasteiger partial charge on any atom is -0.217 e. The van der Waals surface area contributed by atoms with Crippen LogP contribution in [-0.4, -0.2) is 30.0 Å². The van der Waals surface area contributed by atoms with Gasteiger partial charge in [0, 0.05) is 6.42 Å². The van der Waals surface area contributed by atoms with Gasteiger partial charge < -0.3 is 0 Å². The second-order valence-corrected chi connectivity index (χ2v) is 8.42. The topological polar surface area (TPSA) is 20.2 Å². The van der Waals surface area contributed by atoms with Crippen molar-refractivity contribution in [3.63, 3.8) is 0 Å². The Balaban J connectivity index is 3.10. The Kier molecular flexibility index (Phi) is 16.3. The Morgan fingerprint density at radius 3 is 1.17 bits per heavy atom. The maximum Gasteiger partial charge on any atom is 0.116 e. The summed E-state index contributed by atoms with van der Waals surface area (Å²) in [5.41, 5.74) is 0. The van der Waals surface area contributed by atoms with Crippen molar-refractivity contribution in [1.82, 2.24) is 0 Å². The molecule has 0 amide bonds. The van der Waals surface area contributed by atoms with E-state index < -0.39 is 0 Å². The van der Waals surface area contributed by atoms with Gasteiger partial charge in [0.1, 0.15) is 6.04 Å². The van der Waals surface area contributed by atoms with E-state index in [1.165, 1.54) is 103 Å². The second kappa shape index (κ2) is 16.4. The van der Waals surface area contributed by atoms with Gasteiger partial charge in [0.25, 0.3) is 0 Å². The highest BCUT2D eigenvalue weighted by atomic mass is 16.5. The predicted molar refractivity (Wildman–Crippen MR) is 108 cm³/mol. The van der Waals surface area contributed by atoms with Gasteiger partial charge in [-0.3, -0.25) is 0 Å². The van der Waals surface area contributed by atoms with E-state index in [-0.39, 0.29) is 4.65 Å². The van der Waals surface area contributed by atoms with Crippen molar-refractivity contribution in [1.29, 1.82) is 0 Å². The third-order valence-corrected chi connectivity index (χ3v) is 5.55. The van der Waals surface area contributed by atoms with E-state index in [0.717, 1.165) is 6.42 Å². The first-order valence-corrected chi connectivity index (χ1v) is 11.0. The second-order valence-electron chi connectivity index (χ2n) is 8.42. The number of quaternary nitrogens is 1. The number of rotatable bonds is 18. The van der Waals surface area contributed by atoms with Gasteiger partial charge in [-0.25, -0.2) is 5.21 Å². The molecule has 0 heterocycles. The van der Waals surface area contributed by atoms with Crippen LogP contribution in [0.2, 0.25) is 0 Å². The van der Waals surface area contributed by atoms with Gasteiger partial charge >= 0.3 is 0 Å². The first-order chi connectivity index (χ1) is 11.5. The maximum atomic E-state index is 9.85. The highest BCUT2D eigenvalue weighted by Crippen LogP contribution is 2.15. The molecule has 0 rings (SSSR count). The zero-order valence-corrected chi connectivity index (χ0v) is 17.5. The zero-order valence-electron chi connectivity index (χ0n) is 17.5. The third kappa shape index (κ3) is 16.8. The van der Waals surface area contributed by atoms with Crippen LogP contribution in [0.4, 0.5) is 0 Å². The SMILES string of the molecule is CCCCCCCCCCCCCCCCCCC(C)[N+](C)(C)O. The molecule has 1 N–H and O–H groups in total. The zero-order chi connectivity index (χ0) is 18.1. The molecule has 2 heteroatoms. The van der Waals surface area contributed by atoms with Crippen molar-refractivity contribution in [2.75, 3.05) is 14.1 Å². The smallest absolute Gasteiger partial charge is 0.116 e. The van der Waals surface area contributed by atoms with Crippen molar-refractivity contribution < 1.29 is 9.85 Å². The summed E-state index contributed by atoms with van der Waals surface area (Å²) in [6.45, 7) is 4.43. The summed E-state index contributed by atoms with van der Waals surface area (Å²) in [7, 11) is 3.74. The molecule has 0 saturated heterocycles. The van der Waals surface area contributed by atoms with Crippen LogP contribution in [-0.2, 0) is 0 Å². The number of hydrogen-bond donors (Lipinski definition) is 1. The Morgan fingerprint density at radius 1 is 0.583 bits per heavy atom. The lowest BCUT2D eigenvalue weighted by Crippen LogP contribution is -2.43. The summed E-state index contributed by atoms with van der Waals surface area (Å²) in [6, 6.07) is 0.358. The Labute approximate surface area is 153 Å². The number of hydrogen-bond acceptors (Lipinski definition) is 1. The molecule has 0 aromatic heterocycles. The summed E-state index contributed by atoms with van der Waals surface area (Å²) < 4.78 is 0.110. The van der Waals surface area contributed by atoms with Gasteiger partial charge in [-0.2, -0.15) is 4.65 Å². The number of unbranched alkanes of at least 4 members (excludes halogenated alkanes) is 15. The van der Waals surface area contributed by atoms with Crippen LogP contribution < -0.4 is 0 Å². The van der Waals surface area contributed by atoms with Gasteiger partial charge in [0.15, 0.2) is 0 Å². The molecule has 1 unspecified atom stereocenters. The molecule has 146 valence electrons. The Morgan fingerprint density at radius 2 is 0.875 bits per heavy atom. The van der Waals surface area contributed by atoms with E-state index in [9.17, 15) is 5.21 Å². The summed E-state index contributed by atoms with van der Waals surface area (Å²) in [5.74, 6) is 0. The predicted octanol–water partition coefficient (Wildman–Crippen LogP) is 7.49. The van der Waals surface area contributed by atoms with Gasteiger partial charge in [-0.15, -0.1) is 0 Å². The van der Waals surface area contributed by atoms with E-state index in [1.807, 2.05) is 14.1 Å². The Bertz CT molecular complexity index is 247. The molecule has 0 radical (unpaired) electrons. The molecule has 0 saturated carbocycles. The van der Waals surface area contributed by atoms with Gasteiger partial charge in [0.05, 0.1) is 14.1 Å². The molecule has 0 aliphatic heterocycles. The van der Waals surface area contributed by atoms with Crippen LogP contribution in [0.1, 0.15) is 123 Å². The lowest BCUT2D eigenvalue weighted by atomic mass is 10.0. The molecular formula is C22H48NO+. The van der Waals surface area contributed by atoms with E-state index >= 15 is 0 Å². The lowest BCUT2D eigenvalue weighted by Gasteiger charge is -2.27. The van der Waals surface area contributed by atoms with E-state index in [2.05, 4.69) is 13.8 Å². The van der Waals surface area contributed by atoms with Gasteiger partial charge in [-0.05, 0) is 13.3 Å². The van der Waals surface area contributed by atoms with Crippen molar-refractivity contribution in [2.45, 2.75) is 129 Å². The Hall–Kier alpha value is -0.0800. The molecule has 0 aromatic rings. The fraction of sp³-hybridized carbons (Fsp3) is 1.00. The average Bonchev–Trinajstić information content (AvgIpc) is 2.53. The summed E-state index contributed by atoms with van der Waals surface area (Å²) in [5, 5.41) is 9.85. The van der Waals surface area contributed by atoms with Crippen molar-refractivity contribution in [2.24, 2.45) is 0 Å². The monoisotopic (exact) mass is 342 g/mol. The molecule has 0 bridgehead atoms. The van der Waals surface area contributed by atoms with Crippen molar-refractivity contribution >= 4 is 0 Å². The van der Waals surface area contributed by atoms with Gasteiger partial charge in [0.2, 0.25) is 0 Å². The highest BCUT2D eigenvalue weighted by Gasteiger charge is 2.20. The number of hydroxylamine groups is 3. The van der Waals surface area contributed by atoms with Crippen molar-refractivity contribution in [3.8, 4) is 0 Å². The van der Waals surface area contributed by atoms with E-state index in [1.54, 1.807) is 0 Å². The van der Waals surface area contributed by atoms with Crippen LogP contribution >= 0.6 is 0 Å². The van der Waals surface area contributed by atoms with Crippen LogP contribution in [0.25, 0.3) is 0 Å². The molecule has 0 aliphatic carbocycles. The minimum atomic E-state index is 0.110. The van der Waals surface area contributed by atoms with E-state index in [4.69, 9.17) is 0 Å².